The normalized spacial score (nSPS) is 57.9. The van der Waals surface area contributed by atoms with E-state index in [0.717, 1.165) is 18.3 Å². The molecule has 5 rings (SSSR count). The molecule has 2 N–H and O–H groups in total. The van der Waals surface area contributed by atoms with Gasteiger partial charge in [-0.3, -0.25) is 0 Å². The van der Waals surface area contributed by atoms with Crippen LogP contribution in [-0.4, -0.2) is 22.9 Å². The molecule has 2 nitrogen and oxygen atoms in total. The molecule has 0 aromatic carbocycles. The quantitative estimate of drug-likeness (QED) is 0.486. The summed E-state index contributed by atoms with van der Waals surface area (Å²) in [6.07, 6.45) is 14.5. The van der Waals surface area contributed by atoms with Crippen LogP contribution in [0.4, 0.5) is 0 Å². The van der Waals surface area contributed by atoms with E-state index in [1.807, 2.05) is 0 Å². The van der Waals surface area contributed by atoms with Crippen LogP contribution in [0, 0.1) is 56.7 Å². The Morgan fingerprint density at radius 2 is 1.55 bits per heavy atom. The minimum Gasteiger partial charge on any atom is -0.396 e. The molecule has 1 unspecified atom stereocenters. The van der Waals surface area contributed by atoms with Crippen LogP contribution in [0.15, 0.2) is 12.7 Å². The van der Waals surface area contributed by atoms with E-state index in [4.69, 9.17) is 0 Å². The zero-order valence-corrected chi connectivity index (χ0v) is 20.9. The molecule has 5 aliphatic rings. The van der Waals surface area contributed by atoms with E-state index in [9.17, 15) is 10.2 Å². The third-order valence-corrected chi connectivity index (χ3v) is 13.3. The molecule has 2 heteroatoms. The smallest absolute Gasteiger partial charge is 0.0594 e. The van der Waals surface area contributed by atoms with Crippen LogP contribution in [0.3, 0.4) is 0 Å². The van der Waals surface area contributed by atoms with Gasteiger partial charge in [-0.05, 0) is 121 Å². The Bertz CT molecular complexity index is 743. The third kappa shape index (κ3) is 2.59. The van der Waals surface area contributed by atoms with Crippen molar-refractivity contribution in [1.82, 2.24) is 0 Å². The first-order chi connectivity index (χ1) is 14.5. The predicted octanol–water partition coefficient (Wildman–Crippen LogP) is 6.61. The summed E-state index contributed by atoms with van der Waals surface area (Å²) in [5.74, 6) is 3.34. The van der Waals surface area contributed by atoms with Crippen molar-refractivity contribution < 1.29 is 10.2 Å². The monoisotopic (exact) mass is 428 g/mol. The van der Waals surface area contributed by atoms with E-state index in [1.54, 1.807) is 0 Å². The first-order valence-electron chi connectivity index (χ1n) is 13.4. The number of hydrogen-bond donors (Lipinski definition) is 2. The van der Waals surface area contributed by atoms with E-state index in [1.165, 1.54) is 57.8 Å². The van der Waals surface area contributed by atoms with Crippen LogP contribution in [0.5, 0.6) is 0 Å². The SMILES string of the molecule is C=CC1CC[C@]2(CO)CC[C@]3(C)[C@H](CC[C@@H]4[C@@]5(C)CC[C@H](O)C(C)(C)[C@@H]5CC[C@]43C)[C@@H]12. The van der Waals surface area contributed by atoms with Gasteiger partial charge < -0.3 is 10.2 Å². The topological polar surface area (TPSA) is 40.5 Å². The Hall–Kier alpha value is -0.340. The van der Waals surface area contributed by atoms with E-state index >= 15 is 0 Å². The second-order valence-corrected chi connectivity index (χ2v) is 14.0. The number of aliphatic hydroxyl groups is 2. The molecule has 0 aromatic rings. The van der Waals surface area contributed by atoms with Crippen LogP contribution < -0.4 is 0 Å². The largest absolute Gasteiger partial charge is 0.396 e. The standard InChI is InChI=1S/C29H48O2/c1-7-19-10-15-29(18-30)17-16-27(5)20(24(19)29)8-9-22-26(4)13-12-23(31)25(2,3)21(26)11-14-28(22,27)6/h7,19-24,30-31H,1,8-18H2,2-6H3/t19?,20-,21+,22-,23+,24-,26+,27-,28-,29-/m1/s1. The molecule has 0 radical (unpaired) electrons. The highest BCUT2D eigenvalue weighted by Gasteiger charge is 2.70. The Balaban J connectivity index is 1.54. The van der Waals surface area contributed by atoms with Gasteiger partial charge in [0.25, 0.3) is 0 Å². The number of rotatable bonds is 2. The third-order valence-electron chi connectivity index (χ3n) is 13.3. The minimum atomic E-state index is -0.145. The lowest BCUT2D eigenvalue weighted by molar-refractivity contribution is -0.249. The predicted molar refractivity (Wildman–Crippen MR) is 127 cm³/mol. The fraction of sp³-hybridized carbons (Fsp3) is 0.931. The number of hydrogen-bond acceptors (Lipinski definition) is 2. The number of fused-ring (bicyclic) bond motifs is 7. The van der Waals surface area contributed by atoms with Crippen LogP contribution in [0.2, 0.25) is 0 Å². The van der Waals surface area contributed by atoms with Crippen molar-refractivity contribution in [2.75, 3.05) is 6.61 Å². The van der Waals surface area contributed by atoms with Gasteiger partial charge in [-0.2, -0.15) is 0 Å². The van der Waals surface area contributed by atoms with E-state index < -0.39 is 0 Å². The summed E-state index contributed by atoms with van der Waals surface area (Å²) in [6, 6.07) is 0. The molecule has 0 saturated heterocycles. The fourth-order valence-corrected chi connectivity index (χ4v) is 11.3. The lowest BCUT2D eigenvalue weighted by Gasteiger charge is -2.73. The van der Waals surface area contributed by atoms with Crippen LogP contribution >= 0.6 is 0 Å². The Morgan fingerprint density at radius 3 is 2.23 bits per heavy atom. The van der Waals surface area contributed by atoms with Gasteiger partial charge in [0.2, 0.25) is 0 Å². The summed E-state index contributed by atoms with van der Waals surface area (Å²) in [4.78, 5) is 0. The number of allylic oxidation sites excluding steroid dienone is 1. The van der Waals surface area contributed by atoms with Gasteiger partial charge in [-0.25, -0.2) is 0 Å². The molecule has 0 bridgehead atoms. The molecule has 0 amide bonds. The molecule has 0 heterocycles. The summed E-state index contributed by atoms with van der Waals surface area (Å²) >= 11 is 0. The van der Waals surface area contributed by atoms with Gasteiger partial charge in [0.05, 0.1) is 6.10 Å². The van der Waals surface area contributed by atoms with E-state index in [0.29, 0.717) is 40.6 Å². The molecule has 0 aromatic heterocycles. The van der Waals surface area contributed by atoms with Gasteiger partial charge >= 0.3 is 0 Å². The zero-order valence-electron chi connectivity index (χ0n) is 20.9. The lowest BCUT2D eigenvalue weighted by Crippen LogP contribution is -2.66. The summed E-state index contributed by atoms with van der Waals surface area (Å²) < 4.78 is 0. The summed E-state index contributed by atoms with van der Waals surface area (Å²) in [7, 11) is 0. The van der Waals surface area contributed by atoms with E-state index in [2.05, 4.69) is 47.3 Å². The fourth-order valence-electron chi connectivity index (χ4n) is 11.3. The zero-order chi connectivity index (χ0) is 22.4. The van der Waals surface area contributed by atoms with Gasteiger partial charge in [0.1, 0.15) is 0 Å². The number of aliphatic hydroxyl groups excluding tert-OH is 2. The Morgan fingerprint density at radius 1 is 0.806 bits per heavy atom. The highest BCUT2D eigenvalue weighted by molar-refractivity contribution is 5.20. The maximum absolute atomic E-state index is 10.9. The molecule has 0 spiro atoms. The summed E-state index contributed by atoms with van der Waals surface area (Å²) in [5.41, 5.74) is 1.27. The van der Waals surface area contributed by atoms with Crippen molar-refractivity contribution in [3.8, 4) is 0 Å². The van der Waals surface area contributed by atoms with Crippen molar-refractivity contribution in [3.63, 3.8) is 0 Å². The molecule has 5 aliphatic carbocycles. The highest BCUT2D eigenvalue weighted by atomic mass is 16.3. The van der Waals surface area contributed by atoms with Gasteiger partial charge in [-0.1, -0.05) is 40.7 Å². The lowest BCUT2D eigenvalue weighted by atomic mass is 9.32. The Kier molecular flexibility index (Phi) is 4.96. The minimum absolute atomic E-state index is 0.0318. The van der Waals surface area contributed by atoms with Crippen molar-refractivity contribution in [2.24, 2.45) is 56.7 Å². The van der Waals surface area contributed by atoms with Crippen molar-refractivity contribution >= 4 is 0 Å². The van der Waals surface area contributed by atoms with Crippen molar-refractivity contribution in [1.29, 1.82) is 0 Å². The molecular weight excluding hydrogens is 380 g/mol. The first kappa shape index (κ1) is 22.5. The first-order valence-corrected chi connectivity index (χ1v) is 13.4. The maximum Gasteiger partial charge on any atom is 0.0594 e. The van der Waals surface area contributed by atoms with Crippen molar-refractivity contribution in [3.05, 3.63) is 12.7 Å². The van der Waals surface area contributed by atoms with Crippen molar-refractivity contribution in [2.45, 2.75) is 105 Å². The van der Waals surface area contributed by atoms with Crippen LogP contribution in [0.1, 0.15) is 98.8 Å². The van der Waals surface area contributed by atoms with Gasteiger partial charge in [-0.15, -0.1) is 6.58 Å². The molecule has 31 heavy (non-hydrogen) atoms. The summed E-state index contributed by atoms with van der Waals surface area (Å²) in [6.45, 7) is 17.3. The molecule has 0 aliphatic heterocycles. The van der Waals surface area contributed by atoms with Gasteiger partial charge in [0.15, 0.2) is 0 Å². The molecule has 176 valence electrons. The summed E-state index contributed by atoms with van der Waals surface area (Å²) in [5, 5.41) is 21.4. The second kappa shape index (κ2) is 6.84. The average molecular weight is 429 g/mol. The maximum atomic E-state index is 10.9. The van der Waals surface area contributed by atoms with Crippen LogP contribution in [0.25, 0.3) is 0 Å². The Labute approximate surface area is 191 Å². The van der Waals surface area contributed by atoms with Crippen LogP contribution in [-0.2, 0) is 0 Å². The average Bonchev–Trinajstić information content (AvgIpc) is 3.11. The van der Waals surface area contributed by atoms with E-state index in [-0.39, 0.29) is 16.9 Å². The van der Waals surface area contributed by atoms with Gasteiger partial charge in [0, 0.05) is 6.61 Å². The molecule has 5 saturated carbocycles. The molecular formula is C29H48O2. The molecule has 10 atom stereocenters. The molecule has 5 fully saturated rings. The second-order valence-electron chi connectivity index (χ2n) is 14.0. The highest BCUT2D eigenvalue weighted by Crippen LogP contribution is 2.77.